The van der Waals surface area contributed by atoms with Crippen LogP contribution < -0.4 is 10.5 Å². The van der Waals surface area contributed by atoms with Gasteiger partial charge in [0.05, 0.1) is 29.6 Å². The lowest BCUT2D eigenvalue weighted by Gasteiger charge is -2.27. The lowest BCUT2D eigenvalue weighted by Crippen LogP contribution is -2.33. The average molecular weight is 483 g/mol. The van der Waals surface area contributed by atoms with Gasteiger partial charge in [0.15, 0.2) is 17.3 Å². The van der Waals surface area contributed by atoms with Gasteiger partial charge in [-0.15, -0.1) is 0 Å². The molecule has 1 aliphatic heterocycles. The molecule has 2 unspecified atom stereocenters. The van der Waals surface area contributed by atoms with Gasteiger partial charge in [0.25, 0.3) is 5.56 Å². The van der Waals surface area contributed by atoms with E-state index in [1.165, 1.54) is 46.9 Å². The van der Waals surface area contributed by atoms with E-state index in [0.717, 1.165) is 0 Å². The van der Waals surface area contributed by atoms with Crippen LogP contribution in [0.1, 0.15) is 25.2 Å². The van der Waals surface area contributed by atoms with Gasteiger partial charge in [0.1, 0.15) is 28.8 Å². The third kappa shape index (κ3) is 3.15. The summed E-state index contributed by atoms with van der Waals surface area (Å²) in [6.07, 6.45) is 4.42. The lowest BCUT2D eigenvalue weighted by atomic mass is 10.0. The molecule has 0 spiro atoms. The molecule has 0 radical (unpaired) electrons. The largest absolute Gasteiger partial charge is 0.341 e. The summed E-state index contributed by atoms with van der Waals surface area (Å²) in [5.74, 6) is 0.132. The van der Waals surface area contributed by atoms with Crippen LogP contribution in [0.3, 0.4) is 0 Å². The third-order valence-corrected chi connectivity index (χ3v) is 6.30. The van der Waals surface area contributed by atoms with E-state index < -0.39 is 23.1 Å². The van der Waals surface area contributed by atoms with E-state index >= 15 is 4.39 Å². The van der Waals surface area contributed by atoms with Crippen LogP contribution in [0.15, 0.2) is 54.0 Å². The van der Waals surface area contributed by atoms with Crippen molar-refractivity contribution in [2.24, 2.45) is 0 Å². The molecular formula is C22H17ClF2N8O. The summed E-state index contributed by atoms with van der Waals surface area (Å²) >= 11 is 6.26. The number of nitrogens with zero attached hydrogens (tertiary/aromatic N) is 7. The summed E-state index contributed by atoms with van der Waals surface area (Å²) in [4.78, 5) is 31.0. The first-order chi connectivity index (χ1) is 16.3. The lowest BCUT2D eigenvalue weighted by molar-refractivity contribution is 0.214. The summed E-state index contributed by atoms with van der Waals surface area (Å²) in [6, 6.07) is 6.43. The predicted octanol–water partition coefficient (Wildman–Crippen LogP) is 3.62. The predicted molar refractivity (Wildman–Crippen MR) is 122 cm³/mol. The molecule has 1 aromatic carbocycles. The van der Waals surface area contributed by atoms with Crippen molar-refractivity contribution in [1.29, 1.82) is 0 Å². The van der Waals surface area contributed by atoms with Gasteiger partial charge in [-0.1, -0.05) is 17.7 Å². The van der Waals surface area contributed by atoms with Gasteiger partial charge in [0.2, 0.25) is 0 Å². The topological polar surface area (TPSA) is 97.0 Å². The molecule has 0 amide bonds. The quantitative estimate of drug-likeness (QED) is 0.422. The number of rotatable bonds is 3. The van der Waals surface area contributed by atoms with Crippen molar-refractivity contribution in [3.05, 3.63) is 76.2 Å². The molecule has 1 aliphatic rings. The van der Waals surface area contributed by atoms with E-state index in [1.54, 1.807) is 23.2 Å². The number of halogens is 3. The molecule has 1 N–H and O–H groups in total. The second kappa shape index (κ2) is 7.32. The van der Waals surface area contributed by atoms with Gasteiger partial charge in [-0.3, -0.25) is 9.36 Å². The van der Waals surface area contributed by atoms with E-state index in [4.69, 9.17) is 11.6 Å². The second-order valence-corrected chi connectivity index (χ2v) is 8.90. The molecule has 1 saturated heterocycles. The number of aromatic nitrogens is 7. The van der Waals surface area contributed by atoms with Crippen LogP contribution in [0.25, 0.3) is 22.4 Å². The Balaban J connectivity index is 1.64. The summed E-state index contributed by atoms with van der Waals surface area (Å²) in [5, 5.41) is 4.86. The van der Waals surface area contributed by atoms with Crippen molar-refractivity contribution in [2.75, 3.05) is 11.4 Å². The number of hydrogen-bond acceptors (Lipinski definition) is 6. The molecule has 12 heteroatoms. The van der Waals surface area contributed by atoms with Crippen LogP contribution in [0, 0.1) is 5.82 Å². The highest BCUT2D eigenvalue weighted by Gasteiger charge is 2.45. The summed E-state index contributed by atoms with van der Waals surface area (Å²) in [7, 11) is 0. The molecule has 1 fully saturated rings. The van der Waals surface area contributed by atoms with E-state index in [2.05, 4.69) is 25.0 Å². The maximum atomic E-state index is 15.5. The van der Waals surface area contributed by atoms with Crippen LogP contribution >= 0.6 is 11.6 Å². The molecular weight excluding hydrogens is 466 g/mol. The van der Waals surface area contributed by atoms with Crippen molar-refractivity contribution in [3.8, 4) is 5.69 Å². The Morgan fingerprint density at radius 1 is 1.24 bits per heavy atom. The van der Waals surface area contributed by atoms with Gasteiger partial charge in [0, 0.05) is 12.6 Å². The summed E-state index contributed by atoms with van der Waals surface area (Å²) < 4.78 is 32.3. The SMILES string of the molecule is CC1(F)CC(c2nn3ccc(Cl)c3c(=O)n2-c2cccc(F)c2)N(c2ncnc3nc[nH]c23)C1. The highest BCUT2D eigenvalue weighted by molar-refractivity contribution is 6.33. The number of nitrogens with one attached hydrogen (secondary N) is 1. The maximum absolute atomic E-state index is 15.5. The third-order valence-electron chi connectivity index (χ3n) is 6.00. The monoisotopic (exact) mass is 482 g/mol. The van der Waals surface area contributed by atoms with Crippen LogP contribution in [0.4, 0.5) is 14.6 Å². The van der Waals surface area contributed by atoms with Crippen molar-refractivity contribution < 1.29 is 8.78 Å². The van der Waals surface area contributed by atoms with Crippen molar-refractivity contribution in [1.82, 2.24) is 34.1 Å². The van der Waals surface area contributed by atoms with E-state index in [0.29, 0.717) is 17.0 Å². The number of alkyl halides is 1. The Morgan fingerprint density at radius 2 is 2.09 bits per heavy atom. The summed E-state index contributed by atoms with van der Waals surface area (Å²) in [6.45, 7) is 1.48. The molecule has 6 rings (SSSR count). The van der Waals surface area contributed by atoms with Crippen LogP contribution in [0.2, 0.25) is 5.02 Å². The summed E-state index contributed by atoms with van der Waals surface area (Å²) in [5.41, 5.74) is -0.744. The van der Waals surface area contributed by atoms with Gasteiger partial charge in [-0.05, 0) is 31.2 Å². The Bertz CT molecular complexity index is 1620. The first-order valence-electron chi connectivity index (χ1n) is 10.5. The second-order valence-electron chi connectivity index (χ2n) is 8.50. The van der Waals surface area contributed by atoms with E-state index in [1.807, 2.05) is 0 Å². The zero-order chi connectivity index (χ0) is 23.6. The van der Waals surface area contributed by atoms with Gasteiger partial charge in [-0.25, -0.2) is 28.2 Å². The Kier molecular flexibility index (Phi) is 4.46. The normalized spacial score (nSPS) is 20.6. The van der Waals surface area contributed by atoms with Crippen molar-refractivity contribution in [3.63, 3.8) is 0 Å². The minimum Gasteiger partial charge on any atom is -0.341 e. The first-order valence-corrected chi connectivity index (χ1v) is 10.9. The molecule has 5 heterocycles. The molecule has 0 bridgehead atoms. The van der Waals surface area contributed by atoms with E-state index in [9.17, 15) is 9.18 Å². The number of H-pyrrole nitrogens is 1. The van der Waals surface area contributed by atoms with Gasteiger partial charge in [-0.2, -0.15) is 5.10 Å². The number of benzene rings is 1. The minimum absolute atomic E-state index is 0.00765. The molecule has 9 nitrogen and oxygen atoms in total. The van der Waals surface area contributed by atoms with Crippen LogP contribution in [-0.4, -0.2) is 46.3 Å². The Hall–Kier alpha value is -3.86. The van der Waals surface area contributed by atoms with Crippen molar-refractivity contribution in [2.45, 2.75) is 25.1 Å². The maximum Gasteiger partial charge on any atom is 0.284 e. The highest BCUT2D eigenvalue weighted by atomic mass is 35.5. The fourth-order valence-electron chi connectivity index (χ4n) is 4.59. The van der Waals surface area contributed by atoms with Gasteiger partial charge < -0.3 is 9.88 Å². The minimum atomic E-state index is -1.62. The van der Waals surface area contributed by atoms with Crippen LogP contribution in [0.5, 0.6) is 0 Å². The highest BCUT2D eigenvalue weighted by Crippen LogP contribution is 2.43. The fourth-order valence-corrected chi connectivity index (χ4v) is 4.82. The standard InChI is InChI=1S/C22H17ClF2N8O/c1-22(25)8-15(31(9-22)20-16-18(27-10-26-16)28-11-29-20)19-30-32-6-5-14(23)17(32)21(34)33(19)13-4-2-3-12(24)7-13/h2-7,10-11,15H,8-9H2,1H3,(H,26,27,28,29). The van der Waals surface area contributed by atoms with Crippen molar-refractivity contribution >= 4 is 34.1 Å². The Morgan fingerprint density at radius 3 is 2.91 bits per heavy atom. The number of aromatic amines is 1. The average Bonchev–Trinajstić information content (AvgIpc) is 3.50. The van der Waals surface area contributed by atoms with Gasteiger partial charge >= 0.3 is 0 Å². The molecule has 5 aromatic rings. The fraction of sp³-hybridized carbons (Fsp3) is 0.227. The zero-order valence-corrected chi connectivity index (χ0v) is 18.5. The Labute approximate surface area is 195 Å². The molecule has 0 aliphatic carbocycles. The molecule has 2 atom stereocenters. The van der Waals surface area contributed by atoms with Crippen LogP contribution in [-0.2, 0) is 0 Å². The smallest absolute Gasteiger partial charge is 0.284 e. The molecule has 172 valence electrons. The molecule has 4 aromatic heterocycles. The number of fused-ring (bicyclic) bond motifs is 2. The number of imidazole rings is 1. The molecule has 34 heavy (non-hydrogen) atoms. The number of anilines is 1. The van der Waals surface area contributed by atoms with E-state index in [-0.39, 0.29) is 35.0 Å². The number of hydrogen-bond donors (Lipinski definition) is 1. The zero-order valence-electron chi connectivity index (χ0n) is 17.8. The molecule has 0 saturated carbocycles. The first kappa shape index (κ1) is 20.7.